The first-order chi connectivity index (χ1) is 9.76. The number of carbonyl (C=O) groups is 1. The summed E-state index contributed by atoms with van der Waals surface area (Å²) in [4.78, 5) is 13.6. The van der Waals surface area contributed by atoms with Gasteiger partial charge in [-0.05, 0) is 46.2 Å². The van der Waals surface area contributed by atoms with E-state index in [1.807, 2.05) is 27.7 Å². The van der Waals surface area contributed by atoms with Crippen molar-refractivity contribution in [3.05, 3.63) is 17.8 Å². The van der Waals surface area contributed by atoms with Crippen molar-refractivity contribution in [3.8, 4) is 0 Å². The highest BCUT2D eigenvalue weighted by atomic mass is 32.2. The van der Waals surface area contributed by atoms with Gasteiger partial charge in [0.05, 0.1) is 21.7 Å². The Kier molecular flexibility index (Phi) is 4.61. The highest BCUT2D eigenvalue weighted by Crippen LogP contribution is 2.21. The molecule has 0 unspecified atom stereocenters. The fraction of sp³-hybridized carbons (Fsp3) is 0.643. The molecule has 21 heavy (non-hydrogen) atoms. The molecule has 6 nitrogen and oxygen atoms in total. The second-order valence-corrected chi connectivity index (χ2v) is 7.83. The summed E-state index contributed by atoms with van der Waals surface area (Å²) in [7, 11) is -1.25. The van der Waals surface area contributed by atoms with Gasteiger partial charge in [-0.25, -0.2) is 4.79 Å². The van der Waals surface area contributed by atoms with Crippen LogP contribution in [-0.2, 0) is 15.5 Å². The van der Waals surface area contributed by atoms with E-state index < -0.39 is 16.4 Å². The first kappa shape index (κ1) is 15.9. The van der Waals surface area contributed by atoms with Gasteiger partial charge >= 0.3 is 6.09 Å². The Morgan fingerprint density at radius 1 is 1.38 bits per heavy atom. The van der Waals surface area contributed by atoms with E-state index in [9.17, 15) is 9.00 Å². The van der Waals surface area contributed by atoms with Crippen LogP contribution in [0.4, 0.5) is 4.79 Å². The smallest absolute Gasteiger partial charge is 0.410 e. The van der Waals surface area contributed by atoms with E-state index in [4.69, 9.17) is 4.74 Å². The number of likely N-dealkylation sites (tertiary alicyclic amines) is 1. The molecular formula is C14H21N3O3S. The van der Waals surface area contributed by atoms with Crippen LogP contribution in [0.2, 0.25) is 0 Å². The molecule has 2 rings (SSSR count). The van der Waals surface area contributed by atoms with Gasteiger partial charge in [0.25, 0.3) is 0 Å². The second-order valence-electron chi connectivity index (χ2n) is 6.15. The lowest BCUT2D eigenvalue weighted by Gasteiger charge is -2.24. The van der Waals surface area contributed by atoms with Gasteiger partial charge in [-0.2, -0.15) is 5.10 Å². The zero-order chi connectivity index (χ0) is 15.6. The predicted molar refractivity (Wildman–Crippen MR) is 79.4 cm³/mol. The largest absolute Gasteiger partial charge is 0.444 e. The van der Waals surface area contributed by atoms with Crippen molar-refractivity contribution in [1.82, 2.24) is 15.1 Å². The summed E-state index contributed by atoms with van der Waals surface area (Å²) in [5.41, 5.74) is 0.272. The Labute approximate surface area is 127 Å². The molecule has 1 aliphatic rings. The Morgan fingerprint density at radius 2 is 2.10 bits per heavy atom. The quantitative estimate of drug-likeness (QED) is 0.834. The van der Waals surface area contributed by atoms with Crippen molar-refractivity contribution < 1.29 is 13.7 Å². The van der Waals surface area contributed by atoms with Gasteiger partial charge in [0.15, 0.2) is 0 Å². The van der Waals surface area contributed by atoms with Crippen molar-refractivity contribution in [2.24, 2.45) is 0 Å². The fourth-order valence-corrected chi connectivity index (χ4v) is 3.36. The summed E-state index contributed by atoms with van der Waals surface area (Å²) < 4.78 is 17.8. The molecule has 0 bridgehead atoms. The Balaban J connectivity index is 1.97. The van der Waals surface area contributed by atoms with E-state index in [2.05, 4.69) is 10.2 Å². The SMILES string of the molecule is Cc1ccc([S@](=O)[C@@H]2CCN(C(=O)OC(C)(C)C)C2)nn1. The molecule has 1 fully saturated rings. The molecule has 0 radical (unpaired) electrons. The predicted octanol–water partition coefficient (Wildman–Crippen LogP) is 1.90. The summed E-state index contributed by atoms with van der Waals surface area (Å²) in [6, 6.07) is 3.52. The zero-order valence-electron chi connectivity index (χ0n) is 12.8. The van der Waals surface area contributed by atoms with E-state index in [1.54, 1.807) is 17.0 Å². The minimum Gasteiger partial charge on any atom is -0.444 e. The fourth-order valence-electron chi connectivity index (χ4n) is 2.06. The molecule has 0 saturated carbocycles. The number of rotatable bonds is 2. The maximum Gasteiger partial charge on any atom is 0.410 e. The van der Waals surface area contributed by atoms with E-state index in [-0.39, 0.29) is 11.3 Å². The van der Waals surface area contributed by atoms with Gasteiger partial charge in [0.2, 0.25) is 0 Å². The molecule has 1 aliphatic heterocycles. The Hall–Kier alpha value is -1.50. The number of amides is 1. The molecule has 0 spiro atoms. The van der Waals surface area contributed by atoms with Crippen LogP contribution in [0.5, 0.6) is 0 Å². The summed E-state index contributed by atoms with van der Waals surface area (Å²) >= 11 is 0. The van der Waals surface area contributed by atoms with Crippen LogP contribution in [0, 0.1) is 6.92 Å². The molecule has 2 heterocycles. The van der Waals surface area contributed by atoms with Gasteiger partial charge in [-0.15, -0.1) is 5.10 Å². The molecule has 1 amide bonds. The standard InChI is InChI=1S/C14H21N3O3S/c1-10-5-6-12(16-15-10)21(19)11-7-8-17(9-11)13(18)20-14(2,3)4/h5-6,11H,7-9H2,1-4H3/t11-,21-/m1/s1. The Morgan fingerprint density at radius 3 is 2.67 bits per heavy atom. The highest BCUT2D eigenvalue weighted by Gasteiger charge is 2.33. The van der Waals surface area contributed by atoms with Crippen LogP contribution in [0.15, 0.2) is 17.2 Å². The molecule has 2 atom stereocenters. The highest BCUT2D eigenvalue weighted by molar-refractivity contribution is 7.85. The second kappa shape index (κ2) is 6.09. The van der Waals surface area contributed by atoms with Crippen LogP contribution in [0.25, 0.3) is 0 Å². The number of hydrogen-bond donors (Lipinski definition) is 0. The lowest BCUT2D eigenvalue weighted by atomic mass is 10.2. The van der Waals surface area contributed by atoms with Crippen LogP contribution in [0.1, 0.15) is 32.9 Å². The summed E-state index contributed by atoms with van der Waals surface area (Å²) in [6.07, 6.45) is 0.332. The molecule has 0 aliphatic carbocycles. The molecule has 7 heteroatoms. The zero-order valence-corrected chi connectivity index (χ0v) is 13.6. The molecule has 0 N–H and O–H groups in total. The average molecular weight is 311 g/mol. The topological polar surface area (TPSA) is 72.4 Å². The lowest BCUT2D eigenvalue weighted by molar-refractivity contribution is 0.0295. The summed E-state index contributed by atoms with van der Waals surface area (Å²) in [6.45, 7) is 8.32. The van der Waals surface area contributed by atoms with E-state index in [0.717, 1.165) is 5.69 Å². The van der Waals surface area contributed by atoms with Gasteiger partial charge in [0.1, 0.15) is 10.6 Å². The molecule has 1 aromatic heterocycles. The van der Waals surface area contributed by atoms with E-state index in [0.29, 0.717) is 24.5 Å². The van der Waals surface area contributed by atoms with Gasteiger partial charge in [-0.3, -0.25) is 4.21 Å². The average Bonchev–Trinajstić information content (AvgIpc) is 2.86. The minimum absolute atomic E-state index is 0.116. The van der Waals surface area contributed by atoms with Crippen molar-refractivity contribution in [2.75, 3.05) is 13.1 Å². The number of carbonyl (C=O) groups excluding carboxylic acids is 1. The third kappa shape index (κ3) is 4.23. The van der Waals surface area contributed by atoms with Crippen molar-refractivity contribution in [3.63, 3.8) is 0 Å². The van der Waals surface area contributed by atoms with Crippen molar-refractivity contribution in [2.45, 2.75) is 50.0 Å². The lowest BCUT2D eigenvalue weighted by Crippen LogP contribution is -2.36. The number of nitrogens with zero attached hydrogens (tertiary/aromatic N) is 3. The maximum absolute atomic E-state index is 12.4. The number of aryl methyl sites for hydroxylation is 1. The van der Waals surface area contributed by atoms with Crippen LogP contribution in [0.3, 0.4) is 0 Å². The van der Waals surface area contributed by atoms with Gasteiger partial charge in [0, 0.05) is 13.1 Å². The third-order valence-corrected chi connectivity index (χ3v) is 4.70. The van der Waals surface area contributed by atoms with Crippen molar-refractivity contribution in [1.29, 1.82) is 0 Å². The normalized spacial score (nSPS) is 20.4. The Bertz CT molecular complexity index is 539. The maximum atomic E-state index is 12.4. The number of aromatic nitrogens is 2. The summed E-state index contributed by atoms with van der Waals surface area (Å²) in [5.74, 6) is 0. The van der Waals surface area contributed by atoms with E-state index in [1.165, 1.54) is 0 Å². The number of hydrogen-bond acceptors (Lipinski definition) is 5. The monoisotopic (exact) mass is 311 g/mol. The third-order valence-electron chi connectivity index (χ3n) is 3.08. The summed E-state index contributed by atoms with van der Waals surface area (Å²) in [5, 5.41) is 8.25. The molecule has 0 aromatic carbocycles. The molecule has 1 saturated heterocycles. The van der Waals surface area contributed by atoms with Crippen molar-refractivity contribution >= 4 is 16.9 Å². The molecule has 116 valence electrons. The molecule has 1 aromatic rings. The van der Waals surface area contributed by atoms with Crippen LogP contribution in [-0.4, -0.2) is 49.3 Å². The first-order valence-electron chi connectivity index (χ1n) is 6.95. The van der Waals surface area contributed by atoms with Crippen LogP contribution >= 0.6 is 0 Å². The first-order valence-corrected chi connectivity index (χ1v) is 8.16. The number of ether oxygens (including phenoxy) is 1. The molecular weight excluding hydrogens is 290 g/mol. The minimum atomic E-state index is -1.25. The van der Waals surface area contributed by atoms with Gasteiger partial charge in [-0.1, -0.05) is 0 Å². The van der Waals surface area contributed by atoms with Gasteiger partial charge < -0.3 is 9.64 Å². The van der Waals surface area contributed by atoms with Crippen LogP contribution < -0.4 is 0 Å². The van der Waals surface area contributed by atoms with E-state index >= 15 is 0 Å².